The minimum atomic E-state index is 0.116. The lowest BCUT2D eigenvalue weighted by Crippen LogP contribution is -2.48. The second kappa shape index (κ2) is 9.10. The number of ether oxygens (including phenoxy) is 1. The first-order valence-electron chi connectivity index (χ1n) is 10.8. The number of rotatable bonds is 5. The fraction of sp³-hybridized carbons (Fsp3) is 0.231. The Bertz CT molecular complexity index is 1240. The third kappa shape index (κ3) is 4.38. The Morgan fingerprint density at radius 1 is 0.969 bits per heavy atom. The summed E-state index contributed by atoms with van der Waals surface area (Å²) in [6.45, 7) is 3.99. The molecule has 5 rings (SSSR count). The Morgan fingerprint density at radius 3 is 2.59 bits per heavy atom. The molecule has 0 bridgehead atoms. The van der Waals surface area contributed by atoms with Crippen LogP contribution in [0.2, 0.25) is 0 Å². The molecule has 2 heterocycles. The van der Waals surface area contributed by atoms with Crippen molar-refractivity contribution in [1.29, 1.82) is 0 Å². The number of fused-ring (bicyclic) bond motifs is 1. The maximum Gasteiger partial charge on any atom is 0.253 e. The van der Waals surface area contributed by atoms with Crippen molar-refractivity contribution in [1.82, 2.24) is 14.8 Å². The Morgan fingerprint density at radius 2 is 1.78 bits per heavy atom. The van der Waals surface area contributed by atoms with E-state index in [2.05, 4.69) is 28.5 Å². The maximum atomic E-state index is 13.0. The molecule has 4 aromatic rings. The van der Waals surface area contributed by atoms with Gasteiger partial charge in [-0.25, -0.2) is 4.98 Å². The summed E-state index contributed by atoms with van der Waals surface area (Å²) in [5.74, 6) is 0.953. The molecule has 0 N–H and O–H groups in total. The van der Waals surface area contributed by atoms with Gasteiger partial charge in [-0.05, 0) is 35.0 Å². The Kier molecular flexibility index (Phi) is 5.88. The van der Waals surface area contributed by atoms with Gasteiger partial charge in [0.05, 0.1) is 19.3 Å². The molecule has 1 aromatic heterocycles. The molecule has 5 nitrogen and oxygen atoms in total. The van der Waals surface area contributed by atoms with Crippen molar-refractivity contribution in [2.75, 3.05) is 33.3 Å². The van der Waals surface area contributed by atoms with E-state index in [-0.39, 0.29) is 5.91 Å². The molecule has 0 aliphatic carbocycles. The SMILES string of the molecule is COc1cccc(-c2csc(CN3CCN(C(=O)c4ccc5ccccc5c4)CC3)n2)c1. The van der Waals surface area contributed by atoms with Crippen LogP contribution in [0, 0.1) is 0 Å². The van der Waals surface area contributed by atoms with Gasteiger partial charge in [0, 0.05) is 42.7 Å². The number of piperazine rings is 1. The van der Waals surface area contributed by atoms with E-state index in [0.29, 0.717) is 0 Å². The largest absolute Gasteiger partial charge is 0.497 e. The maximum absolute atomic E-state index is 13.0. The van der Waals surface area contributed by atoms with Crippen molar-refractivity contribution in [3.63, 3.8) is 0 Å². The lowest BCUT2D eigenvalue weighted by molar-refractivity contribution is 0.0628. The number of aromatic nitrogens is 1. The lowest BCUT2D eigenvalue weighted by Gasteiger charge is -2.34. The standard InChI is InChI=1S/C26H25N3O2S/c1-31-23-8-4-7-21(16-23)24-18-32-25(27-24)17-28-11-13-29(14-12-28)26(30)22-10-9-19-5-2-3-6-20(19)15-22/h2-10,15-16,18H,11-14,17H2,1H3. The van der Waals surface area contributed by atoms with E-state index in [1.807, 2.05) is 53.4 Å². The molecular weight excluding hydrogens is 418 g/mol. The van der Waals surface area contributed by atoms with Crippen LogP contribution in [0.1, 0.15) is 15.4 Å². The number of carbonyl (C=O) groups excluding carboxylic acids is 1. The van der Waals surface area contributed by atoms with Gasteiger partial charge in [-0.2, -0.15) is 0 Å². The number of carbonyl (C=O) groups is 1. The molecule has 162 valence electrons. The van der Waals surface area contributed by atoms with E-state index >= 15 is 0 Å². The van der Waals surface area contributed by atoms with Crippen LogP contribution in [0.25, 0.3) is 22.0 Å². The molecule has 0 radical (unpaired) electrons. The zero-order valence-electron chi connectivity index (χ0n) is 18.0. The van der Waals surface area contributed by atoms with E-state index in [1.165, 1.54) is 0 Å². The normalized spacial score (nSPS) is 14.6. The number of thiazole rings is 1. The minimum Gasteiger partial charge on any atom is -0.497 e. The highest BCUT2D eigenvalue weighted by Crippen LogP contribution is 2.26. The zero-order valence-corrected chi connectivity index (χ0v) is 18.8. The first-order chi connectivity index (χ1) is 15.7. The molecular formula is C26H25N3O2S. The minimum absolute atomic E-state index is 0.116. The fourth-order valence-corrected chi connectivity index (χ4v) is 4.95. The molecule has 1 amide bonds. The summed E-state index contributed by atoms with van der Waals surface area (Å²) < 4.78 is 5.32. The van der Waals surface area contributed by atoms with Gasteiger partial charge in [-0.15, -0.1) is 11.3 Å². The molecule has 0 atom stereocenters. The Labute approximate surface area is 191 Å². The highest BCUT2D eigenvalue weighted by atomic mass is 32.1. The number of hydrogen-bond acceptors (Lipinski definition) is 5. The topological polar surface area (TPSA) is 45.7 Å². The van der Waals surface area contributed by atoms with Gasteiger partial charge in [0.25, 0.3) is 5.91 Å². The van der Waals surface area contributed by atoms with Crippen LogP contribution in [0.15, 0.2) is 72.1 Å². The Balaban J connectivity index is 1.19. The quantitative estimate of drug-likeness (QED) is 0.439. The van der Waals surface area contributed by atoms with Gasteiger partial charge >= 0.3 is 0 Å². The number of nitrogens with zero attached hydrogens (tertiary/aromatic N) is 3. The second-order valence-electron chi connectivity index (χ2n) is 7.99. The van der Waals surface area contributed by atoms with Gasteiger partial charge in [0.1, 0.15) is 10.8 Å². The molecule has 1 aliphatic rings. The third-order valence-corrected chi connectivity index (χ3v) is 6.77. The van der Waals surface area contributed by atoms with Gasteiger partial charge < -0.3 is 9.64 Å². The molecule has 32 heavy (non-hydrogen) atoms. The highest BCUT2D eigenvalue weighted by Gasteiger charge is 2.23. The first-order valence-corrected chi connectivity index (χ1v) is 11.7. The summed E-state index contributed by atoms with van der Waals surface area (Å²) in [4.78, 5) is 22.2. The molecule has 6 heteroatoms. The van der Waals surface area contributed by atoms with E-state index < -0.39 is 0 Å². The van der Waals surface area contributed by atoms with Crippen LogP contribution in [0.5, 0.6) is 5.75 Å². The third-order valence-electron chi connectivity index (χ3n) is 5.93. The molecule has 1 saturated heterocycles. The van der Waals surface area contributed by atoms with Crippen molar-refractivity contribution >= 4 is 28.0 Å². The summed E-state index contributed by atoms with van der Waals surface area (Å²) >= 11 is 1.68. The van der Waals surface area contributed by atoms with E-state index in [1.54, 1.807) is 18.4 Å². The van der Waals surface area contributed by atoms with Crippen LogP contribution in [0.3, 0.4) is 0 Å². The summed E-state index contributed by atoms with van der Waals surface area (Å²) in [6, 6.07) is 22.1. The summed E-state index contributed by atoms with van der Waals surface area (Å²) in [7, 11) is 1.68. The molecule has 1 aliphatic heterocycles. The van der Waals surface area contributed by atoms with Crippen LogP contribution in [-0.2, 0) is 6.54 Å². The molecule has 3 aromatic carbocycles. The van der Waals surface area contributed by atoms with Crippen molar-refractivity contribution in [2.24, 2.45) is 0 Å². The summed E-state index contributed by atoms with van der Waals surface area (Å²) in [5.41, 5.74) is 2.81. The van der Waals surface area contributed by atoms with Crippen LogP contribution in [-0.4, -0.2) is 54.0 Å². The van der Waals surface area contributed by atoms with Crippen molar-refractivity contribution in [2.45, 2.75) is 6.54 Å². The van der Waals surface area contributed by atoms with Gasteiger partial charge in [-0.3, -0.25) is 9.69 Å². The predicted octanol–water partition coefficient (Wildman–Crippen LogP) is 4.93. The second-order valence-corrected chi connectivity index (χ2v) is 8.93. The molecule has 1 fully saturated rings. The van der Waals surface area contributed by atoms with E-state index in [9.17, 15) is 4.79 Å². The van der Waals surface area contributed by atoms with Gasteiger partial charge in [0.2, 0.25) is 0 Å². The monoisotopic (exact) mass is 443 g/mol. The fourth-order valence-electron chi connectivity index (χ4n) is 4.10. The van der Waals surface area contributed by atoms with Crippen LogP contribution < -0.4 is 4.74 Å². The van der Waals surface area contributed by atoms with Crippen LogP contribution >= 0.6 is 11.3 Å². The molecule has 0 unspecified atom stereocenters. The number of hydrogen-bond donors (Lipinski definition) is 0. The summed E-state index contributed by atoms with van der Waals surface area (Å²) in [5, 5.41) is 5.46. The highest BCUT2D eigenvalue weighted by molar-refractivity contribution is 7.09. The van der Waals surface area contributed by atoms with E-state index in [4.69, 9.17) is 9.72 Å². The van der Waals surface area contributed by atoms with Gasteiger partial charge in [-0.1, -0.05) is 42.5 Å². The average Bonchev–Trinajstić information content (AvgIpc) is 3.32. The van der Waals surface area contributed by atoms with Crippen molar-refractivity contribution in [3.05, 3.63) is 82.7 Å². The van der Waals surface area contributed by atoms with E-state index in [0.717, 1.165) is 71.1 Å². The van der Waals surface area contributed by atoms with Crippen molar-refractivity contribution in [3.8, 4) is 17.0 Å². The smallest absolute Gasteiger partial charge is 0.253 e. The first kappa shape index (κ1) is 20.7. The lowest BCUT2D eigenvalue weighted by atomic mass is 10.1. The average molecular weight is 444 g/mol. The number of benzene rings is 3. The molecule has 0 saturated carbocycles. The molecule has 0 spiro atoms. The zero-order chi connectivity index (χ0) is 21.9. The van der Waals surface area contributed by atoms with Crippen molar-refractivity contribution < 1.29 is 9.53 Å². The number of amides is 1. The predicted molar refractivity (Wildman–Crippen MR) is 129 cm³/mol. The van der Waals surface area contributed by atoms with Crippen LogP contribution in [0.4, 0.5) is 0 Å². The Hall–Kier alpha value is -3.22. The number of methoxy groups -OCH3 is 1. The summed E-state index contributed by atoms with van der Waals surface area (Å²) in [6.07, 6.45) is 0. The van der Waals surface area contributed by atoms with Gasteiger partial charge in [0.15, 0.2) is 0 Å².